The Morgan fingerprint density at radius 2 is 1.61 bits per heavy atom. The van der Waals surface area contributed by atoms with Gasteiger partial charge in [-0.25, -0.2) is 13.1 Å². The normalized spacial score (nSPS) is 18.9. The van der Waals surface area contributed by atoms with Gasteiger partial charge in [0.05, 0.1) is 10.8 Å². The molecule has 3 amide bonds. The zero-order valence-corrected chi connectivity index (χ0v) is 21.4. The van der Waals surface area contributed by atoms with E-state index < -0.39 is 10.0 Å². The molecule has 1 unspecified atom stereocenters. The molecule has 36 heavy (non-hydrogen) atoms. The number of hydrogen-bond acceptors (Lipinski definition) is 5. The first-order valence-electron chi connectivity index (χ1n) is 12.2. The minimum atomic E-state index is -3.55. The third-order valence-corrected chi connectivity index (χ3v) is 8.33. The SMILES string of the molecule is CCNS(=O)(=O)c1ccc(NC(=O)C2CCN(C(=O)C3CC(=O)N(c4ccc(C)cc4)C3)CC2)cc1. The van der Waals surface area contributed by atoms with Crippen LogP contribution in [-0.2, 0) is 24.4 Å². The predicted molar refractivity (Wildman–Crippen MR) is 137 cm³/mol. The zero-order valence-electron chi connectivity index (χ0n) is 20.6. The molecule has 2 saturated heterocycles. The van der Waals surface area contributed by atoms with Gasteiger partial charge in [0.15, 0.2) is 0 Å². The second-order valence-corrected chi connectivity index (χ2v) is 11.1. The van der Waals surface area contributed by atoms with Crippen molar-refractivity contribution in [2.24, 2.45) is 11.8 Å². The third kappa shape index (κ3) is 5.76. The fraction of sp³-hybridized carbons (Fsp3) is 0.423. The number of sulfonamides is 1. The van der Waals surface area contributed by atoms with Gasteiger partial charge in [0.25, 0.3) is 0 Å². The number of piperidine rings is 1. The summed E-state index contributed by atoms with van der Waals surface area (Å²) >= 11 is 0. The van der Waals surface area contributed by atoms with E-state index >= 15 is 0 Å². The second-order valence-electron chi connectivity index (χ2n) is 9.36. The summed E-state index contributed by atoms with van der Waals surface area (Å²) in [4.78, 5) is 42.0. The van der Waals surface area contributed by atoms with E-state index in [0.717, 1.165) is 11.3 Å². The van der Waals surface area contributed by atoms with Crippen LogP contribution in [0.3, 0.4) is 0 Å². The molecule has 0 spiro atoms. The van der Waals surface area contributed by atoms with Crippen LogP contribution >= 0.6 is 0 Å². The molecule has 0 radical (unpaired) electrons. The van der Waals surface area contributed by atoms with E-state index in [9.17, 15) is 22.8 Å². The fourth-order valence-corrected chi connectivity index (χ4v) is 5.74. The molecular formula is C26H32N4O5S. The van der Waals surface area contributed by atoms with Gasteiger partial charge in [-0.3, -0.25) is 14.4 Å². The van der Waals surface area contributed by atoms with E-state index in [0.29, 0.717) is 44.7 Å². The van der Waals surface area contributed by atoms with E-state index in [-0.39, 0.29) is 40.9 Å². The van der Waals surface area contributed by atoms with Crippen molar-refractivity contribution in [1.82, 2.24) is 9.62 Å². The van der Waals surface area contributed by atoms with Gasteiger partial charge in [0.1, 0.15) is 0 Å². The Bertz CT molecular complexity index is 1220. The molecule has 2 aliphatic rings. The van der Waals surface area contributed by atoms with Crippen LogP contribution in [0, 0.1) is 18.8 Å². The van der Waals surface area contributed by atoms with Crippen molar-refractivity contribution in [2.45, 2.75) is 38.0 Å². The monoisotopic (exact) mass is 512 g/mol. The quantitative estimate of drug-likeness (QED) is 0.592. The molecule has 2 aromatic carbocycles. The lowest BCUT2D eigenvalue weighted by atomic mass is 9.94. The highest BCUT2D eigenvalue weighted by molar-refractivity contribution is 7.89. The van der Waals surface area contributed by atoms with E-state index in [1.54, 1.807) is 28.9 Å². The van der Waals surface area contributed by atoms with Crippen molar-refractivity contribution in [3.8, 4) is 0 Å². The summed E-state index contributed by atoms with van der Waals surface area (Å²) in [7, 11) is -3.55. The first kappa shape index (κ1) is 25.8. The maximum Gasteiger partial charge on any atom is 0.240 e. The average Bonchev–Trinajstić information content (AvgIpc) is 3.26. The number of carbonyl (C=O) groups excluding carboxylic acids is 3. The number of likely N-dealkylation sites (tertiary alicyclic amines) is 1. The van der Waals surface area contributed by atoms with E-state index in [2.05, 4.69) is 10.0 Å². The van der Waals surface area contributed by atoms with Crippen molar-refractivity contribution in [2.75, 3.05) is 36.4 Å². The topological polar surface area (TPSA) is 116 Å². The Kier molecular flexibility index (Phi) is 7.75. The summed E-state index contributed by atoms with van der Waals surface area (Å²) in [6, 6.07) is 13.8. The molecule has 9 nitrogen and oxygen atoms in total. The Hall–Kier alpha value is -3.24. The Labute approximate surface area is 211 Å². The van der Waals surface area contributed by atoms with Crippen molar-refractivity contribution in [3.05, 3.63) is 54.1 Å². The van der Waals surface area contributed by atoms with Gasteiger partial charge in [-0.05, 0) is 56.2 Å². The minimum absolute atomic E-state index is 0.0330. The fourth-order valence-electron chi connectivity index (χ4n) is 4.70. The second kappa shape index (κ2) is 10.8. The maximum absolute atomic E-state index is 13.1. The van der Waals surface area contributed by atoms with Crippen LogP contribution in [0.2, 0.25) is 0 Å². The van der Waals surface area contributed by atoms with E-state index in [1.165, 1.54) is 12.1 Å². The van der Waals surface area contributed by atoms with Crippen LogP contribution in [0.4, 0.5) is 11.4 Å². The number of rotatable bonds is 7. The van der Waals surface area contributed by atoms with Crippen molar-refractivity contribution in [3.63, 3.8) is 0 Å². The number of nitrogens with zero attached hydrogens (tertiary/aromatic N) is 2. The molecule has 10 heteroatoms. The highest BCUT2D eigenvalue weighted by atomic mass is 32.2. The van der Waals surface area contributed by atoms with Crippen LogP contribution < -0.4 is 14.9 Å². The summed E-state index contributed by atoms with van der Waals surface area (Å²) in [5, 5.41) is 2.85. The number of anilines is 2. The lowest BCUT2D eigenvalue weighted by Crippen LogP contribution is -2.44. The molecule has 0 saturated carbocycles. The Morgan fingerprint density at radius 1 is 0.972 bits per heavy atom. The first-order chi connectivity index (χ1) is 17.2. The molecule has 1 atom stereocenters. The minimum Gasteiger partial charge on any atom is -0.342 e. The summed E-state index contributed by atoms with van der Waals surface area (Å²) in [5.74, 6) is -0.842. The van der Waals surface area contributed by atoms with Gasteiger partial charge in [-0.1, -0.05) is 24.6 Å². The molecule has 192 valence electrons. The summed E-state index contributed by atoms with van der Waals surface area (Å²) < 4.78 is 26.6. The van der Waals surface area contributed by atoms with Gasteiger partial charge in [0, 0.05) is 49.9 Å². The number of carbonyl (C=O) groups is 3. The maximum atomic E-state index is 13.1. The molecule has 0 aliphatic carbocycles. The summed E-state index contributed by atoms with van der Waals surface area (Å²) in [6.45, 7) is 5.29. The molecular weight excluding hydrogens is 480 g/mol. The van der Waals surface area contributed by atoms with Crippen LogP contribution in [0.15, 0.2) is 53.4 Å². The van der Waals surface area contributed by atoms with Crippen LogP contribution in [0.25, 0.3) is 0 Å². The number of hydrogen-bond donors (Lipinski definition) is 2. The Balaban J connectivity index is 1.28. The van der Waals surface area contributed by atoms with Gasteiger partial charge in [0.2, 0.25) is 27.7 Å². The molecule has 2 fully saturated rings. The molecule has 0 bridgehead atoms. The molecule has 2 aromatic rings. The van der Waals surface area contributed by atoms with E-state index in [1.807, 2.05) is 31.2 Å². The molecule has 0 aromatic heterocycles. The largest absolute Gasteiger partial charge is 0.342 e. The number of benzene rings is 2. The third-order valence-electron chi connectivity index (χ3n) is 6.76. The van der Waals surface area contributed by atoms with Crippen LogP contribution in [0.1, 0.15) is 31.7 Å². The lowest BCUT2D eigenvalue weighted by molar-refractivity contribution is -0.138. The zero-order chi connectivity index (χ0) is 25.9. The first-order valence-corrected chi connectivity index (χ1v) is 13.7. The van der Waals surface area contributed by atoms with Crippen molar-refractivity contribution >= 4 is 39.1 Å². The standard InChI is InChI=1S/C26H32N4O5S/c1-3-27-36(34,35)23-10-6-21(7-11-23)28-25(32)19-12-14-29(15-13-19)26(33)20-16-24(31)30(17-20)22-8-4-18(2)5-9-22/h4-11,19-20,27H,3,12-17H2,1-2H3,(H,28,32). The smallest absolute Gasteiger partial charge is 0.240 e. The van der Waals surface area contributed by atoms with Gasteiger partial charge in [-0.15, -0.1) is 0 Å². The highest BCUT2D eigenvalue weighted by Gasteiger charge is 2.38. The molecule has 2 heterocycles. The average molecular weight is 513 g/mol. The van der Waals surface area contributed by atoms with Crippen molar-refractivity contribution < 1.29 is 22.8 Å². The summed E-state index contributed by atoms with van der Waals surface area (Å²) in [5.41, 5.74) is 2.44. The number of amides is 3. The highest BCUT2D eigenvalue weighted by Crippen LogP contribution is 2.28. The van der Waals surface area contributed by atoms with Gasteiger partial charge < -0.3 is 15.1 Å². The molecule has 2 aliphatic heterocycles. The van der Waals surface area contributed by atoms with Crippen LogP contribution in [-0.4, -0.2) is 57.2 Å². The lowest BCUT2D eigenvalue weighted by Gasteiger charge is -2.33. The van der Waals surface area contributed by atoms with Crippen molar-refractivity contribution in [1.29, 1.82) is 0 Å². The molecule has 2 N–H and O–H groups in total. The van der Waals surface area contributed by atoms with Gasteiger partial charge in [-0.2, -0.15) is 0 Å². The number of nitrogens with one attached hydrogen (secondary N) is 2. The van der Waals surface area contributed by atoms with Gasteiger partial charge >= 0.3 is 0 Å². The number of aryl methyl sites for hydroxylation is 1. The van der Waals surface area contributed by atoms with E-state index in [4.69, 9.17) is 0 Å². The van der Waals surface area contributed by atoms with Crippen LogP contribution in [0.5, 0.6) is 0 Å². The Morgan fingerprint density at radius 3 is 2.22 bits per heavy atom. The summed E-state index contributed by atoms with van der Waals surface area (Å²) in [6.07, 6.45) is 1.27. The predicted octanol–water partition coefficient (Wildman–Crippen LogP) is 2.52. The molecule has 4 rings (SSSR count).